The van der Waals surface area contributed by atoms with E-state index in [0.717, 1.165) is 53.5 Å². The van der Waals surface area contributed by atoms with Crippen LogP contribution in [0.5, 0.6) is 0 Å². The molecule has 192 valence electrons. The van der Waals surface area contributed by atoms with Crippen molar-refractivity contribution in [1.29, 1.82) is 0 Å². The number of nitrogens with one attached hydrogen (secondary N) is 1. The third-order valence-corrected chi connectivity index (χ3v) is 8.33. The number of aromatic nitrogens is 2. The number of anilines is 2. The van der Waals surface area contributed by atoms with Crippen molar-refractivity contribution in [2.24, 2.45) is 0 Å². The van der Waals surface area contributed by atoms with Crippen LogP contribution in [0.25, 0.3) is 10.2 Å². The molecule has 0 bridgehead atoms. The van der Waals surface area contributed by atoms with Gasteiger partial charge in [0.15, 0.2) is 0 Å². The molecule has 2 amide bonds. The number of carbonyl (C=O) groups excluding carboxylic acids is 1. The first-order valence-electron chi connectivity index (χ1n) is 13.1. The highest BCUT2D eigenvalue weighted by molar-refractivity contribution is 7.18. The number of hydrogen-bond acceptors (Lipinski definition) is 5. The number of amides is 2. The van der Waals surface area contributed by atoms with Gasteiger partial charge in [-0.3, -0.25) is 0 Å². The summed E-state index contributed by atoms with van der Waals surface area (Å²) in [5, 5.41) is 4.22. The smallest absolute Gasteiger partial charge is 0.321 e. The number of rotatable bonds is 6. The summed E-state index contributed by atoms with van der Waals surface area (Å²) in [6, 6.07) is 18.6. The molecule has 4 aromatic rings. The Kier molecular flexibility index (Phi) is 7.42. The van der Waals surface area contributed by atoms with E-state index in [4.69, 9.17) is 9.97 Å². The van der Waals surface area contributed by atoms with Crippen LogP contribution in [0.1, 0.15) is 47.2 Å². The van der Waals surface area contributed by atoms with Gasteiger partial charge < -0.3 is 15.1 Å². The summed E-state index contributed by atoms with van der Waals surface area (Å²) in [5.41, 5.74) is 4.66. The fourth-order valence-corrected chi connectivity index (χ4v) is 5.83. The van der Waals surface area contributed by atoms with E-state index in [1.807, 2.05) is 23.1 Å². The Morgan fingerprint density at radius 1 is 0.946 bits per heavy atom. The second kappa shape index (κ2) is 10.9. The zero-order valence-corrected chi connectivity index (χ0v) is 22.9. The van der Waals surface area contributed by atoms with Gasteiger partial charge in [0.25, 0.3) is 0 Å². The van der Waals surface area contributed by atoms with Crippen molar-refractivity contribution in [2.45, 2.75) is 46.5 Å². The topological polar surface area (TPSA) is 61.4 Å². The van der Waals surface area contributed by atoms with Crippen LogP contribution in [0.15, 0.2) is 54.6 Å². The number of urea groups is 1. The first-order chi connectivity index (χ1) is 17.9. The molecule has 2 aromatic heterocycles. The van der Waals surface area contributed by atoms with Gasteiger partial charge in [0.2, 0.25) is 0 Å². The van der Waals surface area contributed by atoms with Gasteiger partial charge in [-0.2, -0.15) is 0 Å². The molecule has 3 heterocycles. The lowest BCUT2D eigenvalue weighted by Crippen LogP contribution is -2.50. The molecule has 1 saturated heterocycles. The van der Waals surface area contributed by atoms with Crippen molar-refractivity contribution in [1.82, 2.24) is 14.9 Å². The molecule has 37 heavy (non-hydrogen) atoms. The van der Waals surface area contributed by atoms with E-state index in [9.17, 15) is 4.79 Å². The van der Waals surface area contributed by atoms with Gasteiger partial charge in [0.05, 0.1) is 5.39 Å². The Bertz CT molecular complexity index is 1370. The Hall–Kier alpha value is -3.45. The molecule has 1 aliphatic heterocycles. The number of carbonyl (C=O) groups is 1. The number of nitrogens with zero attached hydrogens (tertiary/aromatic N) is 4. The number of hydrogen-bond donors (Lipinski definition) is 1. The summed E-state index contributed by atoms with van der Waals surface area (Å²) in [6.07, 6.45) is 1.72. The van der Waals surface area contributed by atoms with Crippen LogP contribution < -0.4 is 10.2 Å². The second-order valence-corrected chi connectivity index (χ2v) is 11.3. The quantitative estimate of drug-likeness (QED) is 0.317. The normalized spacial score (nSPS) is 14.0. The molecule has 0 saturated carbocycles. The van der Waals surface area contributed by atoms with Crippen LogP contribution in [-0.4, -0.2) is 47.1 Å². The van der Waals surface area contributed by atoms with E-state index in [1.165, 1.54) is 21.6 Å². The summed E-state index contributed by atoms with van der Waals surface area (Å²) in [7, 11) is 0. The molecule has 1 N–H and O–H groups in total. The average molecular weight is 514 g/mol. The van der Waals surface area contributed by atoms with Crippen molar-refractivity contribution in [3.63, 3.8) is 0 Å². The lowest BCUT2D eigenvalue weighted by molar-refractivity contribution is 0.208. The van der Waals surface area contributed by atoms with E-state index < -0.39 is 0 Å². The summed E-state index contributed by atoms with van der Waals surface area (Å²) >= 11 is 1.75. The molecule has 7 heteroatoms. The predicted molar refractivity (Wildman–Crippen MR) is 154 cm³/mol. The highest BCUT2D eigenvalue weighted by Crippen LogP contribution is 2.35. The summed E-state index contributed by atoms with van der Waals surface area (Å²) in [5.74, 6) is 2.37. The Morgan fingerprint density at radius 3 is 2.32 bits per heavy atom. The van der Waals surface area contributed by atoms with Crippen LogP contribution in [0.4, 0.5) is 16.3 Å². The maximum absolute atomic E-state index is 12.9. The van der Waals surface area contributed by atoms with Crippen LogP contribution >= 0.6 is 11.3 Å². The Balaban J connectivity index is 1.29. The van der Waals surface area contributed by atoms with Gasteiger partial charge >= 0.3 is 6.03 Å². The SMILES string of the molecule is Cc1sc2nc(CCc3ccccc3)nc(N3CCN(C(=O)Nc4ccc(C(C)C)cc4)CC3)c2c1C. The van der Waals surface area contributed by atoms with Gasteiger partial charge in [-0.25, -0.2) is 14.8 Å². The molecule has 6 nitrogen and oxygen atoms in total. The second-order valence-electron chi connectivity index (χ2n) is 10.1. The number of fused-ring (bicyclic) bond motifs is 1. The Labute approximate surface area is 223 Å². The number of aryl methyl sites for hydroxylation is 4. The first-order valence-corrected chi connectivity index (χ1v) is 13.9. The molecule has 5 rings (SSSR count). The highest BCUT2D eigenvalue weighted by atomic mass is 32.1. The Morgan fingerprint density at radius 2 is 1.65 bits per heavy atom. The van der Waals surface area contributed by atoms with Crippen molar-refractivity contribution in [3.8, 4) is 0 Å². The standard InChI is InChI=1S/C30H35N5OS/c1-20(2)24-11-13-25(14-12-24)31-30(36)35-18-16-34(17-19-35)28-27-21(3)22(4)37-29(27)33-26(32-28)15-10-23-8-6-5-7-9-23/h5-9,11-14,20H,10,15-19H2,1-4H3,(H,31,36). The van der Waals surface area contributed by atoms with Crippen molar-refractivity contribution in [2.75, 3.05) is 36.4 Å². The zero-order valence-electron chi connectivity index (χ0n) is 22.1. The van der Waals surface area contributed by atoms with Crippen LogP contribution in [0.3, 0.4) is 0 Å². The minimum Gasteiger partial charge on any atom is -0.352 e. The lowest BCUT2D eigenvalue weighted by Gasteiger charge is -2.35. The molecule has 0 unspecified atom stereocenters. The average Bonchev–Trinajstić information content (AvgIpc) is 3.21. The van der Waals surface area contributed by atoms with Gasteiger partial charge in [0.1, 0.15) is 16.5 Å². The largest absolute Gasteiger partial charge is 0.352 e. The molecule has 1 fully saturated rings. The van der Waals surface area contributed by atoms with Crippen molar-refractivity contribution in [3.05, 3.63) is 82.0 Å². The fourth-order valence-electron chi connectivity index (χ4n) is 4.79. The first kappa shape index (κ1) is 25.2. The molecular formula is C30H35N5OS. The lowest BCUT2D eigenvalue weighted by atomic mass is 10.0. The monoisotopic (exact) mass is 513 g/mol. The van der Waals surface area contributed by atoms with Gasteiger partial charge in [-0.05, 0) is 55.0 Å². The van der Waals surface area contributed by atoms with E-state index in [2.05, 4.69) is 74.3 Å². The third kappa shape index (κ3) is 5.62. The van der Waals surface area contributed by atoms with Crippen molar-refractivity contribution >= 4 is 39.1 Å². The summed E-state index contributed by atoms with van der Waals surface area (Å²) < 4.78 is 0. The minimum absolute atomic E-state index is 0.0455. The van der Waals surface area contributed by atoms with Crippen molar-refractivity contribution < 1.29 is 4.79 Å². The van der Waals surface area contributed by atoms with Gasteiger partial charge in [-0.1, -0.05) is 56.3 Å². The van der Waals surface area contributed by atoms with Gasteiger partial charge in [-0.15, -0.1) is 11.3 Å². The number of thiophene rings is 1. The van der Waals surface area contributed by atoms with Crippen LogP contribution in [0.2, 0.25) is 0 Å². The molecule has 2 aromatic carbocycles. The highest BCUT2D eigenvalue weighted by Gasteiger charge is 2.25. The molecule has 0 aliphatic carbocycles. The maximum Gasteiger partial charge on any atom is 0.321 e. The molecule has 1 aliphatic rings. The fraction of sp³-hybridized carbons (Fsp3) is 0.367. The van der Waals surface area contributed by atoms with Gasteiger partial charge in [0, 0.05) is 43.2 Å². The van der Waals surface area contributed by atoms with E-state index in [0.29, 0.717) is 19.0 Å². The molecular weight excluding hydrogens is 478 g/mol. The molecule has 0 radical (unpaired) electrons. The maximum atomic E-state index is 12.9. The third-order valence-electron chi connectivity index (χ3n) is 7.23. The zero-order chi connectivity index (χ0) is 25.9. The summed E-state index contributed by atoms with van der Waals surface area (Å²) in [6.45, 7) is 11.5. The molecule has 0 atom stereocenters. The van der Waals surface area contributed by atoms with E-state index in [-0.39, 0.29) is 6.03 Å². The number of piperazine rings is 1. The summed E-state index contributed by atoms with van der Waals surface area (Å²) in [4.78, 5) is 29.5. The van der Waals surface area contributed by atoms with E-state index >= 15 is 0 Å². The van der Waals surface area contributed by atoms with Crippen LogP contribution in [-0.2, 0) is 12.8 Å². The number of benzene rings is 2. The van der Waals surface area contributed by atoms with Crippen LogP contribution in [0, 0.1) is 13.8 Å². The minimum atomic E-state index is -0.0455. The van der Waals surface area contributed by atoms with E-state index in [1.54, 1.807) is 11.3 Å². The molecule has 0 spiro atoms. The predicted octanol–water partition coefficient (Wildman–Crippen LogP) is 6.57.